The van der Waals surface area contributed by atoms with E-state index in [0.29, 0.717) is 17.0 Å². The molecule has 6 heteroatoms. The first-order chi connectivity index (χ1) is 11.8. The van der Waals surface area contributed by atoms with Gasteiger partial charge in [0.2, 0.25) is 0 Å². The minimum absolute atomic E-state index is 0.0830. The van der Waals surface area contributed by atoms with Crippen molar-refractivity contribution in [2.45, 2.75) is 32.1 Å². The van der Waals surface area contributed by atoms with Gasteiger partial charge in [-0.05, 0) is 43.4 Å². The fourth-order valence-corrected chi connectivity index (χ4v) is 4.59. The third kappa shape index (κ3) is 3.51. The van der Waals surface area contributed by atoms with Crippen LogP contribution in [0.2, 0.25) is 0 Å². The van der Waals surface area contributed by atoms with E-state index < -0.39 is 0 Å². The van der Waals surface area contributed by atoms with Crippen molar-refractivity contribution in [1.82, 2.24) is 9.88 Å². The summed E-state index contributed by atoms with van der Waals surface area (Å²) in [5.41, 5.74) is 2.61. The number of amides is 1. The van der Waals surface area contributed by atoms with E-state index in [2.05, 4.69) is 4.98 Å². The summed E-state index contributed by atoms with van der Waals surface area (Å²) >= 11 is 1.48. The van der Waals surface area contributed by atoms with E-state index in [-0.39, 0.29) is 5.91 Å². The topological polar surface area (TPSA) is 51.7 Å². The van der Waals surface area contributed by atoms with Gasteiger partial charge in [0.1, 0.15) is 5.69 Å². The van der Waals surface area contributed by atoms with Crippen LogP contribution < -0.4 is 0 Å². The Morgan fingerprint density at radius 2 is 2.17 bits per heavy atom. The van der Waals surface area contributed by atoms with Gasteiger partial charge in [0.05, 0.1) is 18.7 Å². The maximum absolute atomic E-state index is 12.5. The van der Waals surface area contributed by atoms with E-state index in [1.54, 1.807) is 5.51 Å². The fourth-order valence-electron chi connectivity index (χ4n) is 4.06. The molecule has 3 fully saturated rings. The monoisotopic (exact) mass is 350 g/mol. The van der Waals surface area contributed by atoms with Crippen molar-refractivity contribution in [2.75, 3.05) is 39.5 Å². The van der Waals surface area contributed by atoms with Crippen LogP contribution in [0.15, 0.2) is 10.9 Å². The molecule has 0 aromatic carbocycles. The van der Waals surface area contributed by atoms with Crippen LogP contribution in [0.5, 0.6) is 0 Å². The average Bonchev–Trinajstić information content (AvgIpc) is 3.27. The molecule has 4 rings (SSSR count). The molecule has 1 amide bonds. The molecule has 1 unspecified atom stereocenters. The number of carbonyl (C=O) groups is 1. The summed E-state index contributed by atoms with van der Waals surface area (Å²) in [4.78, 5) is 18.6. The van der Waals surface area contributed by atoms with E-state index in [9.17, 15) is 4.79 Å². The van der Waals surface area contributed by atoms with Crippen molar-refractivity contribution in [3.8, 4) is 0 Å². The molecule has 0 bridgehead atoms. The molecule has 132 valence electrons. The predicted molar refractivity (Wildman–Crippen MR) is 92.2 cm³/mol. The number of likely N-dealkylation sites (tertiary alicyclic amines) is 1. The summed E-state index contributed by atoms with van der Waals surface area (Å²) in [7, 11) is 0. The first kappa shape index (κ1) is 16.5. The van der Waals surface area contributed by atoms with Gasteiger partial charge in [-0.1, -0.05) is 0 Å². The van der Waals surface area contributed by atoms with Gasteiger partial charge in [-0.15, -0.1) is 11.3 Å². The van der Waals surface area contributed by atoms with Gasteiger partial charge in [-0.3, -0.25) is 4.79 Å². The zero-order valence-electron chi connectivity index (χ0n) is 14.1. The zero-order valence-corrected chi connectivity index (χ0v) is 14.9. The molecule has 1 aliphatic carbocycles. The number of carbonyl (C=O) groups excluding carboxylic acids is 1. The summed E-state index contributed by atoms with van der Waals surface area (Å²) in [5, 5.41) is 1.84. The summed E-state index contributed by atoms with van der Waals surface area (Å²) in [6.45, 7) is 5.05. The Morgan fingerprint density at radius 1 is 1.33 bits per heavy atom. The maximum atomic E-state index is 12.5. The third-order valence-electron chi connectivity index (χ3n) is 6.00. The molecule has 2 saturated heterocycles. The normalized spacial score (nSPS) is 26.7. The minimum Gasteiger partial charge on any atom is -0.381 e. The molecular weight excluding hydrogens is 324 g/mol. The summed E-state index contributed by atoms with van der Waals surface area (Å²) in [5.74, 6) is 1.37. The lowest BCUT2D eigenvalue weighted by molar-refractivity contribution is -0.0976. The van der Waals surface area contributed by atoms with Gasteiger partial charge in [-0.25, -0.2) is 4.98 Å². The highest BCUT2D eigenvalue weighted by Gasteiger charge is 2.44. The Balaban J connectivity index is 1.34. The molecule has 3 heterocycles. The van der Waals surface area contributed by atoms with Gasteiger partial charge in [0.25, 0.3) is 5.91 Å². The van der Waals surface area contributed by atoms with E-state index >= 15 is 0 Å². The van der Waals surface area contributed by atoms with Crippen LogP contribution in [0.25, 0.3) is 0 Å². The predicted octanol–water partition coefficient (Wildman–Crippen LogP) is 2.83. The van der Waals surface area contributed by atoms with Crippen LogP contribution in [0.1, 0.15) is 42.6 Å². The summed E-state index contributed by atoms with van der Waals surface area (Å²) < 4.78 is 11.7. The number of hydrogen-bond donors (Lipinski definition) is 0. The van der Waals surface area contributed by atoms with Crippen LogP contribution >= 0.6 is 11.3 Å². The first-order valence-electron chi connectivity index (χ1n) is 9.10. The highest BCUT2D eigenvalue weighted by molar-refractivity contribution is 7.07. The van der Waals surface area contributed by atoms with Crippen molar-refractivity contribution < 1.29 is 14.3 Å². The molecule has 2 aliphatic heterocycles. The highest BCUT2D eigenvalue weighted by Crippen LogP contribution is 2.45. The molecule has 3 aliphatic rings. The van der Waals surface area contributed by atoms with Gasteiger partial charge in [0, 0.05) is 37.6 Å². The number of rotatable bonds is 5. The van der Waals surface area contributed by atoms with E-state index in [0.717, 1.165) is 64.7 Å². The molecule has 1 saturated carbocycles. The molecular formula is C18H26N2O3S. The highest BCUT2D eigenvalue weighted by atomic mass is 32.1. The third-order valence-corrected chi connectivity index (χ3v) is 6.58. The Kier molecular flexibility index (Phi) is 4.88. The van der Waals surface area contributed by atoms with Gasteiger partial charge < -0.3 is 14.4 Å². The second kappa shape index (κ2) is 7.10. The number of nitrogens with zero attached hydrogens (tertiary/aromatic N) is 2. The molecule has 0 N–H and O–H groups in total. The van der Waals surface area contributed by atoms with E-state index in [1.165, 1.54) is 24.2 Å². The standard InChI is InChI=1S/C18H26N2O3S/c21-17(16-12-24-13-19-16)20-6-3-18(4-7-20)5-8-22-10-15(18)11-23-9-14-1-2-14/h12-15H,1-11H2. The quantitative estimate of drug-likeness (QED) is 0.819. The molecule has 1 aromatic heterocycles. The van der Waals surface area contributed by atoms with Crippen LogP contribution in [0, 0.1) is 17.3 Å². The molecule has 1 atom stereocenters. The second-order valence-electron chi connectivity index (χ2n) is 7.53. The number of piperidine rings is 1. The van der Waals surface area contributed by atoms with Crippen LogP contribution in [-0.4, -0.2) is 55.3 Å². The van der Waals surface area contributed by atoms with Crippen molar-refractivity contribution in [3.63, 3.8) is 0 Å². The molecule has 0 radical (unpaired) electrons. The SMILES string of the molecule is O=C(c1cscn1)N1CCC2(CCOCC2COCC2CC2)CC1. The molecule has 1 spiro atoms. The Labute approximate surface area is 147 Å². The lowest BCUT2D eigenvalue weighted by Gasteiger charge is -2.48. The van der Waals surface area contributed by atoms with Gasteiger partial charge in [0.15, 0.2) is 0 Å². The number of hydrogen-bond acceptors (Lipinski definition) is 5. The van der Waals surface area contributed by atoms with Gasteiger partial charge in [-0.2, -0.15) is 0 Å². The zero-order chi connectivity index (χ0) is 16.4. The number of ether oxygens (including phenoxy) is 2. The lowest BCUT2D eigenvalue weighted by atomic mass is 9.66. The Bertz CT molecular complexity index is 551. The summed E-state index contributed by atoms with van der Waals surface area (Å²) in [6, 6.07) is 0. The summed E-state index contributed by atoms with van der Waals surface area (Å²) in [6.07, 6.45) is 5.89. The van der Waals surface area contributed by atoms with Crippen LogP contribution in [-0.2, 0) is 9.47 Å². The van der Waals surface area contributed by atoms with Crippen molar-refractivity contribution >= 4 is 17.2 Å². The largest absolute Gasteiger partial charge is 0.381 e. The van der Waals surface area contributed by atoms with E-state index in [1.807, 2.05) is 10.3 Å². The van der Waals surface area contributed by atoms with Crippen molar-refractivity contribution in [2.24, 2.45) is 17.3 Å². The Hall–Kier alpha value is -0.980. The Morgan fingerprint density at radius 3 is 2.88 bits per heavy atom. The maximum Gasteiger partial charge on any atom is 0.273 e. The fraction of sp³-hybridized carbons (Fsp3) is 0.778. The van der Waals surface area contributed by atoms with Gasteiger partial charge >= 0.3 is 0 Å². The van der Waals surface area contributed by atoms with E-state index in [4.69, 9.17) is 9.47 Å². The van der Waals surface area contributed by atoms with Crippen molar-refractivity contribution in [1.29, 1.82) is 0 Å². The van der Waals surface area contributed by atoms with Crippen LogP contribution in [0.3, 0.4) is 0 Å². The number of thiazole rings is 1. The first-order valence-corrected chi connectivity index (χ1v) is 10.0. The lowest BCUT2D eigenvalue weighted by Crippen LogP contribution is -2.50. The van der Waals surface area contributed by atoms with Crippen LogP contribution in [0.4, 0.5) is 0 Å². The molecule has 24 heavy (non-hydrogen) atoms. The average molecular weight is 350 g/mol. The minimum atomic E-state index is 0.0830. The second-order valence-corrected chi connectivity index (χ2v) is 8.25. The number of aromatic nitrogens is 1. The smallest absolute Gasteiger partial charge is 0.273 e. The van der Waals surface area contributed by atoms with Crippen molar-refractivity contribution in [3.05, 3.63) is 16.6 Å². The molecule has 1 aromatic rings. The molecule has 5 nitrogen and oxygen atoms in total.